The van der Waals surface area contributed by atoms with E-state index in [9.17, 15) is 9.59 Å². The van der Waals surface area contributed by atoms with E-state index in [-0.39, 0.29) is 17.4 Å². The Morgan fingerprint density at radius 3 is 2.60 bits per heavy atom. The number of anilines is 1. The van der Waals surface area contributed by atoms with E-state index in [2.05, 4.69) is 51.7 Å². The Kier molecular flexibility index (Phi) is 6.49. The zero-order valence-corrected chi connectivity index (χ0v) is 24.2. The SMILES string of the molecule is COC(=O)C(c1cc(N2CCC(c3ccc4c(c3)C(C)(C)c3nc(=O)c5c(Cl)cccc5n3-4)CC2)no1)C(C)C. The van der Waals surface area contributed by atoms with E-state index in [1.54, 1.807) is 6.07 Å². The summed E-state index contributed by atoms with van der Waals surface area (Å²) in [5, 5.41) is 5.16. The van der Waals surface area contributed by atoms with E-state index >= 15 is 0 Å². The molecule has 0 spiro atoms. The van der Waals surface area contributed by atoms with E-state index in [0.29, 0.717) is 22.1 Å². The Morgan fingerprint density at radius 1 is 1.15 bits per heavy atom. The zero-order valence-electron chi connectivity index (χ0n) is 23.4. The molecule has 40 heavy (non-hydrogen) atoms. The molecule has 6 rings (SSSR count). The van der Waals surface area contributed by atoms with Crippen molar-refractivity contribution in [2.24, 2.45) is 5.92 Å². The Balaban J connectivity index is 1.25. The van der Waals surface area contributed by atoms with Crippen LogP contribution in [0.25, 0.3) is 16.6 Å². The molecule has 208 valence electrons. The fraction of sp³-hybridized carbons (Fsp3) is 0.419. The summed E-state index contributed by atoms with van der Waals surface area (Å²) in [4.78, 5) is 31.9. The summed E-state index contributed by atoms with van der Waals surface area (Å²) in [5.41, 5.74) is 3.57. The van der Waals surface area contributed by atoms with Crippen molar-refractivity contribution in [3.63, 3.8) is 0 Å². The molecular weight excluding hydrogens is 528 g/mol. The maximum atomic E-state index is 12.9. The molecule has 0 saturated carbocycles. The second-order valence-corrected chi connectivity index (χ2v) is 12.1. The van der Waals surface area contributed by atoms with Crippen molar-refractivity contribution in [1.29, 1.82) is 0 Å². The summed E-state index contributed by atoms with van der Waals surface area (Å²) in [6, 6.07) is 14.1. The average Bonchev–Trinajstić information content (AvgIpc) is 3.49. The number of piperidine rings is 1. The van der Waals surface area contributed by atoms with Crippen LogP contribution in [0.2, 0.25) is 5.02 Å². The molecule has 0 aliphatic carbocycles. The number of carbonyl (C=O) groups excluding carboxylic acids is 1. The van der Waals surface area contributed by atoms with Crippen molar-refractivity contribution in [3.05, 3.63) is 80.6 Å². The van der Waals surface area contributed by atoms with Crippen LogP contribution >= 0.6 is 11.6 Å². The van der Waals surface area contributed by atoms with Gasteiger partial charge in [-0.25, -0.2) is 0 Å². The minimum absolute atomic E-state index is 0.0396. The number of hydrogen-bond acceptors (Lipinski definition) is 7. The summed E-state index contributed by atoms with van der Waals surface area (Å²) < 4.78 is 12.7. The van der Waals surface area contributed by atoms with Crippen LogP contribution in [0.3, 0.4) is 0 Å². The Bertz CT molecular complexity index is 1680. The maximum absolute atomic E-state index is 12.9. The second kappa shape index (κ2) is 9.77. The first-order valence-electron chi connectivity index (χ1n) is 13.8. The van der Waals surface area contributed by atoms with Gasteiger partial charge in [-0.1, -0.05) is 48.8 Å². The van der Waals surface area contributed by atoms with Gasteiger partial charge in [-0.15, -0.1) is 0 Å². The number of carbonyl (C=O) groups is 1. The molecule has 2 aromatic heterocycles. The molecule has 9 heteroatoms. The molecule has 8 nitrogen and oxygen atoms in total. The van der Waals surface area contributed by atoms with Crippen molar-refractivity contribution in [1.82, 2.24) is 14.7 Å². The van der Waals surface area contributed by atoms with Crippen molar-refractivity contribution in [3.8, 4) is 5.69 Å². The minimum atomic E-state index is -0.471. The molecule has 0 N–H and O–H groups in total. The Hall–Kier alpha value is -3.65. The van der Waals surface area contributed by atoms with Crippen molar-refractivity contribution in [2.45, 2.75) is 57.8 Å². The third-order valence-corrected chi connectivity index (χ3v) is 8.91. The van der Waals surface area contributed by atoms with Gasteiger partial charge in [-0.2, -0.15) is 4.98 Å². The molecule has 2 aliphatic heterocycles. The van der Waals surface area contributed by atoms with Crippen molar-refractivity contribution in [2.75, 3.05) is 25.1 Å². The van der Waals surface area contributed by atoms with Crippen LogP contribution in [-0.4, -0.2) is 40.9 Å². The number of esters is 1. The summed E-state index contributed by atoms with van der Waals surface area (Å²) in [6.07, 6.45) is 1.93. The van der Waals surface area contributed by atoms with Crippen LogP contribution in [0.1, 0.15) is 75.1 Å². The highest BCUT2D eigenvalue weighted by Gasteiger charge is 2.39. The Labute approximate surface area is 237 Å². The Morgan fingerprint density at radius 2 is 1.90 bits per heavy atom. The quantitative estimate of drug-likeness (QED) is 0.278. The molecule has 2 aromatic carbocycles. The van der Waals surface area contributed by atoms with Crippen molar-refractivity contribution >= 4 is 34.3 Å². The molecular formula is C31H33ClN4O4. The lowest BCUT2D eigenvalue weighted by Crippen LogP contribution is -2.33. The number of halogens is 1. The first-order valence-corrected chi connectivity index (χ1v) is 14.2. The van der Waals surface area contributed by atoms with Gasteiger partial charge in [0.05, 0.1) is 34.1 Å². The van der Waals surface area contributed by atoms with Gasteiger partial charge in [0.15, 0.2) is 11.6 Å². The lowest BCUT2D eigenvalue weighted by molar-refractivity contribution is -0.144. The number of hydrogen-bond donors (Lipinski definition) is 0. The predicted molar refractivity (Wildman–Crippen MR) is 155 cm³/mol. The van der Waals surface area contributed by atoms with Gasteiger partial charge in [0.25, 0.3) is 5.56 Å². The molecule has 0 bridgehead atoms. The van der Waals surface area contributed by atoms with E-state index in [1.165, 1.54) is 12.7 Å². The summed E-state index contributed by atoms with van der Waals surface area (Å²) in [7, 11) is 1.40. The largest absolute Gasteiger partial charge is 0.468 e. The molecule has 1 fully saturated rings. The van der Waals surface area contributed by atoms with Gasteiger partial charge in [0.2, 0.25) is 0 Å². The number of benzene rings is 2. The number of ether oxygens (including phenoxy) is 1. The number of methoxy groups -OCH3 is 1. The highest BCUT2D eigenvalue weighted by Crippen LogP contribution is 2.45. The molecule has 0 amide bonds. The van der Waals surface area contributed by atoms with Gasteiger partial charge in [-0.05, 0) is 67.9 Å². The van der Waals surface area contributed by atoms with Crippen LogP contribution in [0, 0.1) is 5.92 Å². The van der Waals surface area contributed by atoms with Crippen LogP contribution in [0.15, 0.2) is 51.8 Å². The third kappa shape index (κ3) is 4.12. The highest BCUT2D eigenvalue weighted by molar-refractivity contribution is 6.35. The zero-order chi connectivity index (χ0) is 28.3. The van der Waals surface area contributed by atoms with Gasteiger partial charge in [0.1, 0.15) is 11.7 Å². The van der Waals surface area contributed by atoms with Crippen LogP contribution in [0.4, 0.5) is 5.82 Å². The molecule has 1 saturated heterocycles. The molecule has 4 aromatic rings. The third-order valence-electron chi connectivity index (χ3n) is 8.59. The van der Waals surface area contributed by atoms with E-state index < -0.39 is 11.3 Å². The van der Waals surface area contributed by atoms with E-state index in [4.69, 9.17) is 20.9 Å². The van der Waals surface area contributed by atoms with E-state index in [1.807, 2.05) is 32.0 Å². The number of aromatic nitrogens is 3. The first-order chi connectivity index (χ1) is 19.1. The molecule has 4 heterocycles. The van der Waals surface area contributed by atoms with Crippen LogP contribution in [-0.2, 0) is 14.9 Å². The highest BCUT2D eigenvalue weighted by atomic mass is 35.5. The predicted octanol–water partition coefficient (Wildman–Crippen LogP) is 5.96. The lowest BCUT2D eigenvalue weighted by atomic mass is 9.81. The molecule has 1 atom stereocenters. The molecule has 2 aliphatic rings. The smallest absolute Gasteiger partial charge is 0.316 e. The number of nitrogens with zero attached hydrogens (tertiary/aromatic N) is 4. The molecule has 1 unspecified atom stereocenters. The van der Waals surface area contributed by atoms with Crippen molar-refractivity contribution < 1.29 is 14.1 Å². The standard InChI is InChI=1S/C31H33ClN4O4/c1-17(2)26(29(38)39-5)24-16-25(34-40-24)35-13-11-18(12-14-35)19-9-10-22-20(15-19)31(3,4)30-33-28(37)27-21(32)7-6-8-23(27)36(22)30/h6-10,15-18,26H,11-14H2,1-5H3. The summed E-state index contributed by atoms with van der Waals surface area (Å²) in [6.45, 7) is 9.86. The summed E-state index contributed by atoms with van der Waals surface area (Å²) in [5.74, 6) is 1.69. The number of rotatable bonds is 5. The fourth-order valence-corrected chi connectivity index (χ4v) is 6.62. The summed E-state index contributed by atoms with van der Waals surface area (Å²) >= 11 is 6.41. The fourth-order valence-electron chi connectivity index (χ4n) is 6.37. The normalized spacial score (nSPS) is 17.2. The first kappa shape index (κ1) is 26.6. The molecule has 0 radical (unpaired) electrons. The topological polar surface area (TPSA) is 90.5 Å². The van der Waals surface area contributed by atoms with Gasteiger partial charge in [0, 0.05) is 19.2 Å². The van der Waals surface area contributed by atoms with Crippen LogP contribution < -0.4 is 10.5 Å². The van der Waals surface area contributed by atoms with Gasteiger partial charge < -0.3 is 14.2 Å². The average molecular weight is 561 g/mol. The minimum Gasteiger partial charge on any atom is -0.468 e. The number of fused-ring (bicyclic) bond motifs is 5. The lowest BCUT2D eigenvalue weighted by Gasteiger charge is -2.32. The van der Waals surface area contributed by atoms with E-state index in [0.717, 1.165) is 54.3 Å². The van der Waals surface area contributed by atoms with Crippen LogP contribution in [0.5, 0.6) is 0 Å². The second-order valence-electron chi connectivity index (χ2n) is 11.7. The monoisotopic (exact) mass is 560 g/mol. The maximum Gasteiger partial charge on any atom is 0.316 e. The van der Waals surface area contributed by atoms with Gasteiger partial charge >= 0.3 is 5.97 Å². The van der Waals surface area contributed by atoms with Gasteiger partial charge in [-0.3, -0.25) is 14.2 Å².